The standard InChI is InChI=1S/C17H19ClN6OS/c1-9(2)13(14-11(18)4-3-5-20-14)24-17-22-6-10(7-23-17)16-21-8-12(26-16)15(19)25/h3-9,13,15,25H,19H2,1-2H3,(H,22,23,24)/t13-,15?/m1/s1. The van der Waals surface area contributed by atoms with Crippen LogP contribution in [0.15, 0.2) is 36.9 Å². The van der Waals surface area contributed by atoms with Crippen molar-refractivity contribution in [2.24, 2.45) is 11.7 Å². The Kier molecular flexibility index (Phi) is 5.77. The molecule has 0 aliphatic rings. The molecule has 0 spiro atoms. The van der Waals surface area contributed by atoms with Gasteiger partial charge in [-0.25, -0.2) is 15.0 Å². The summed E-state index contributed by atoms with van der Waals surface area (Å²) in [6.07, 6.45) is 5.59. The molecule has 3 aromatic rings. The van der Waals surface area contributed by atoms with Crippen LogP contribution in [0.4, 0.5) is 5.95 Å². The van der Waals surface area contributed by atoms with Crippen LogP contribution in [0.3, 0.4) is 0 Å². The number of hydrogen-bond donors (Lipinski definition) is 3. The van der Waals surface area contributed by atoms with E-state index in [2.05, 4.69) is 39.1 Å². The number of thiazole rings is 1. The van der Waals surface area contributed by atoms with Gasteiger partial charge in [0.25, 0.3) is 0 Å². The SMILES string of the molecule is CC(C)[C@@H](Nc1ncc(-c2ncc(C(N)O)s2)cn1)c1ncccc1Cl. The molecule has 3 aromatic heterocycles. The highest BCUT2D eigenvalue weighted by Gasteiger charge is 2.21. The van der Waals surface area contributed by atoms with E-state index in [0.717, 1.165) is 11.3 Å². The molecule has 0 fully saturated rings. The Bertz CT molecular complexity index is 868. The van der Waals surface area contributed by atoms with Gasteiger partial charge in [0.1, 0.15) is 11.2 Å². The first-order valence-electron chi connectivity index (χ1n) is 8.04. The Morgan fingerprint density at radius 2 is 1.88 bits per heavy atom. The highest BCUT2D eigenvalue weighted by Crippen LogP contribution is 2.30. The molecule has 7 nitrogen and oxygen atoms in total. The lowest BCUT2D eigenvalue weighted by Gasteiger charge is -2.22. The van der Waals surface area contributed by atoms with Crippen LogP contribution in [0.2, 0.25) is 5.02 Å². The fourth-order valence-electron chi connectivity index (χ4n) is 2.39. The van der Waals surface area contributed by atoms with Crippen LogP contribution >= 0.6 is 22.9 Å². The fraction of sp³-hybridized carbons (Fsp3) is 0.294. The van der Waals surface area contributed by atoms with Gasteiger partial charge in [0.05, 0.1) is 21.6 Å². The first-order valence-corrected chi connectivity index (χ1v) is 9.24. The van der Waals surface area contributed by atoms with Gasteiger partial charge in [0.15, 0.2) is 0 Å². The van der Waals surface area contributed by atoms with Crippen molar-refractivity contribution in [2.45, 2.75) is 26.1 Å². The average molecular weight is 391 g/mol. The number of aliphatic hydroxyl groups excluding tert-OH is 1. The van der Waals surface area contributed by atoms with Gasteiger partial charge in [0.2, 0.25) is 5.95 Å². The number of aliphatic hydroxyl groups is 1. The minimum atomic E-state index is -1.03. The minimum absolute atomic E-state index is 0.117. The number of aromatic nitrogens is 4. The molecule has 26 heavy (non-hydrogen) atoms. The summed E-state index contributed by atoms with van der Waals surface area (Å²) in [5.41, 5.74) is 6.96. The lowest BCUT2D eigenvalue weighted by molar-refractivity contribution is 0.190. The summed E-state index contributed by atoms with van der Waals surface area (Å²) in [5, 5.41) is 14.0. The van der Waals surface area contributed by atoms with Crippen molar-refractivity contribution in [3.8, 4) is 10.6 Å². The maximum absolute atomic E-state index is 9.40. The number of nitrogens with one attached hydrogen (secondary N) is 1. The fourth-order valence-corrected chi connectivity index (χ4v) is 3.40. The molecule has 0 saturated heterocycles. The smallest absolute Gasteiger partial charge is 0.223 e. The summed E-state index contributed by atoms with van der Waals surface area (Å²) in [5.74, 6) is 0.711. The van der Waals surface area contributed by atoms with E-state index in [4.69, 9.17) is 17.3 Å². The molecule has 0 aromatic carbocycles. The minimum Gasteiger partial charge on any atom is -0.374 e. The van der Waals surface area contributed by atoms with Crippen molar-refractivity contribution in [2.75, 3.05) is 5.32 Å². The Balaban J connectivity index is 1.80. The number of rotatable bonds is 6. The molecule has 0 saturated carbocycles. The Morgan fingerprint density at radius 3 is 2.46 bits per heavy atom. The van der Waals surface area contributed by atoms with E-state index in [1.165, 1.54) is 11.3 Å². The Hall–Kier alpha value is -2.13. The molecule has 1 unspecified atom stereocenters. The zero-order valence-corrected chi connectivity index (χ0v) is 15.9. The summed E-state index contributed by atoms with van der Waals surface area (Å²) >= 11 is 7.59. The van der Waals surface area contributed by atoms with Crippen molar-refractivity contribution >= 4 is 28.9 Å². The summed E-state index contributed by atoms with van der Waals surface area (Å²) in [7, 11) is 0. The molecule has 4 N–H and O–H groups in total. The number of nitrogens with zero attached hydrogens (tertiary/aromatic N) is 4. The lowest BCUT2D eigenvalue weighted by Crippen LogP contribution is -2.19. The predicted molar refractivity (Wildman–Crippen MR) is 103 cm³/mol. The molecule has 0 bridgehead atoms. The van der Waals surface area contributed by atoms with E-state index < -0.39 is 6.23 Å². The lowest BCUT2D eigenvalue weighted by atomic mass is 10.0. The van der Waals surface area contributed by atoms with Crippen LogP contribution in [-0.4, -0.2) is 25.0 Å². The number of pyridine rings is 1. The summed E-state index contributed by atoms with van der Waals surface area (Å²) < 4.78 is 0. The quantitative estimate of drug-likeness (QED) is 0.553. The second-order valence-electron chi connectivity index (χ2n) is 6.04. The third kappa shape index (κ3) is 4.16. The highest BCUT2D eigenvalue weighted by atomic mass is 35.5. The maximum atomic E-state index is 9.40. The third-order valence-electron chi connectivity index (χ3n) is 3.75. The molecule has 3 rings (SSSR count). The van der Waals surface area contributed by atoms with Crippen molar-refractivity contribution in [1.82, 2.24) is 19.9 Å². The van der Waals surface area contributed by atoms with Gasteiger partial charge >= 0.3 is 0 Å². The number of nitrogens with two attached hydrogens (primary N) is 1. The van der Waals surface area contributed by atoms with Gasteiger partial charge in [-0.1, -0.05) is 25.4 Å². The van der Waals surface area contributed by atoms with Crippen LogP contribution in [-0.2, 0) is 0 Å². The van der Waals surface area contributed by atoms with Crippen LogP contribution < -0.4 is 11.1 Å². The highest BCUT2D eigenvalue weighted by molar-refractivity contribution is 7.15. The van der Waals surface area contributed by atoms with Gasteiger partial charge in [-0.05, 0) is 18.1 Å². The zero-order valence-electron chi connectivity index (χ0n) is 14.3. The molecule has 9 heteroatoms. The van der Waals surface area contributed by atoms with Crippen molar-refractivity contribution in [3.05, 3.63) is 52.5 Å². The van der Waals surface area contributed by atoms with E-state index in [9.17, 15) is 5.11 Å². The molecule has 136 valence electrons. The van der Waals surface area contributed by atoms with Crippen LogP contribution in [0.25, 0.3) is 10.6 Å². The molecule has 3 heterocycles. The van der Waals surface area contributed by atoms with E-state index in [1.807, 2.05) is 6.07 Å². The van der Waals surface area contributed by atoms with E-state index in [1.54, 1.807) is 30.9 Å². The Morgan fingerprint density at radius 1 is 1.15 bits per heavy atom. The zero-order chi connectivity index (χ0) is 18.7. The van der Waals surface area contributed by atoms with Crippen molar-refractivity contribution in [1.29, 1.82) is 0 Å². The maximum Gasteiger partial charge on any atom is 0.223 e. The van der Waals surface area contributed by atoms with Gasteiger partial charge in [0, 0.05) is 30.4 Å². The molecular weight excluding hydrogens is 372 g/mol. The first kappa shape index (κ1) is 18.7. The average Bonchev–Trinajstić information content (AvgIpc) is 3.11. The molecular formula is C17H19ClN6OS. The van der Waals surface area contributed by atoms with Crippen LogP contribution in [0.1, 0.15) is 36.7 Å². The van der Waals surface area contributed by atoms with Crippen molar-refractivity contribution in [3.63, 3.8) is 0 Å². The topological polar surface area (TPSA) is 110 Å². The molecule has 0 aliphatic carbocycles. The van der Waals surface area contributed by atoms with Gasteiger partial charge in [-0.15, -0.1) is 11.3 Å². The number of hydrogen-bond acceptors (Lipinski definition) is 8. The molecule has 0 amide bonds. The molecule has 2 atom stereocenters. The second kappa shape index (κ2) is 8.05. The van der Waals surface area contributed by atoms with Gasteiger partial charge < -0.3 is 16.2 Å². The van der Waals surface area contributed by atoms with E-state index in [-0.39, 0.29) is 12.0 Å². The van der Waals surface area contributed by atoms with Gasteiger partial charge in [-0.2, -0.15) is 0 Å². The van der Waals surface area contributed by atoms with Crippen LogP contribution in [0.5, 0.6) is 0 Å². The van der Waals surface area contributed by atoms with Crippen molar-refractivity contribution < 1.29 is 5.11 Å². The van der Waals surface area contributed by atoms with E-state index in [0.29, 0.717) is 20.9 Å². The molecule has 0 radical (unpaired) electrons. The second-order valence-corrected chi connectivity index (χ2v) is 7.51. The molecule has 0 aliphatic heterocycles. The first-order chi connectivity index (χ1) is 12.5. The summed E-state index contributed by atoms with van der Waals surface area (Å²) in [6.45, 7) is 4.15. The van der Waals surface area contributed by atoms with Crippen LogP contribution in [0, 0.1) is 5.92 Å². The Labute approximate surface area is 160 Å². The van der Waals surface area contributed by atoms with E-state index >= 15 is 0 Å². The normalized spacial score (nSPS) is 13.6. The monoisotopic (exact) mass is 390 g/mol. The summed E-state index contributed by atoms with van der Waals surface area (Å²) in [4.78, 5) is 17.9. The summed E-state index contributed by atoms with van der Waals surface area (Å²) in [6, 6.07) is 3.50. The third-order valence-corrected chi connectivity index (χ3v) is 5.18. The van der Waals surface area contributed by atoms with Gasteiger partial charge in [-0.3, -0.25) is 4.98 Å². The predicted octanol–water partition coefficient (Wildman–Crippen LogP) is 3.41. The number of anilines is 1. The largest absolute Gasteiger partial charge is 0.374 e. The number of halogens is 1.